The molecule has 0 amide bonds. The summed E-state index contributed by atoms with van der Waals surface area (Å²) in [6.45, 7) is 6.99. The summed E-state index contributed by atoms with van der Waals surface area (Å²) in [5, 5.41) is 10.2. The van der Waals surface area contributed by atoms with Gasteiger partial charge in [-0.25, -0.2) is 0 Å². The highest BCUT2D eigenvalue weighted by atomic mass is 79.9. The zero-order valence-electron chi connectivity index (χ0n) is 13.1. The van der Waals surface area contributed by atoms with E-state index in [1.807, 2.05) is 0 Å². The summed E-state index contributed by atoms with van der Waals surface area (Å²) >= 11 is 3.50. The second-order valence-electron chi connectivity index (χ2n) is 7.32. The summed E-state index contributed by atoms with van der Waals surface area (Å²) in [5.41, 5.74) is 1.19. The topological polar surface area (TPSA) is 29.5 Å². The van der Waals surface area contributed by atoms with Crippen LogP contribution in [0.25, 0.3) is 0 Å². The first-order chi connectivity index (χ1) is 9.94. The Bertz CT molecular complexity index is 512. The SMILES string of the molecule is CC(C)[C@@H]1O[C@H](c2ccc(Br)cc2)[C@@]2(C)CCC[C@@]12CO. The summed E-state index contributed by atoms with van der Waals surface area (Å²) in [5.74, 6) is 0.426. The van der Waals surface area contributed by atoms with Crippen LogP contribution in [-0.4, -0.2) is 17.8 Å². The van der Waals surface area contributed by atoms with Gasteiger partial charge in [0, 0.05) is 15.3 Å². The number of hydrogen-bond donors (Lipinski definition) is 1. The van der Waals surface area contributed by atoms with E-state index >= 15 is 0 Å². The van der Waals surface area contributed by atoms with Gasteiger partial charge in [0.2, 0.25) is 0 Å². The highest BCUT2D eigenvalue weighted by Gasteiger charge is 2.66. The molecule has 3 heteroatoms. The van der Waals surface area contributed by atoms with E-state index in [1.54, 1.807) is 0 Å². The molecule has 21 heavy (non-hydrogen) atoms. The second-order valence-corrected chi connectivity index (χ2v) is 8.23. The fraction of sp³-hybridized carbons (Fsp3) is 0.667. The first kappa shape index (κ1) is 15.5. The van der Waals surface area contributed by atoms with E-state index in [-0.39, 0.29) is 29.6 Å². The molecule has 1 aliphatic heterocycles. The molecule has 1 N–H and O–H groups in total. The summed E-state index contributed by atoms with van der Waals surface area (Å²) < 4.78 is 7.63. The number of aliphatic hydroxyl groups excluding tert-OH is 1. The van der Waals surface area contributed by atoms with Crippen LogP contribution >= 0.6 is 15.9 Å². The summed E-state index contributed by atoms with van der Waals surface area (Å²) in [6, 6.07) is 8.48. The number of aliphatic hydroxyl groups is 1. The van der Waals surface area contributed by atoms with Gasteiger partial charge in [-0.05, 0) is 36.5 Å². The van der Waals surface area contributed by atoms with Crippen LogP contribution in [0.2, 0.25) is 0 Å². The third kappa shape index (κ3) is 2.12. The van der Waals surface area contributed by atoms with E-state index in [4.69, 9.17) is 4.74 Å². The smallest absolute Gasteiger partial charge is 0.0889 e. The van der Waals surface area contributed by atoms with Crippen LogP contribution in [0.5, 0.6) is 0 Å². The van der Waals surface area contributed by atoms with Crippen LogP contribution in [0.15, 0.2) is 28.7 Å². The molecular weight excluding hydrogens is 328 g/mol. The monoisotopic (exact) mass is 352 g/mol. The predicted octanol–water partition coefficient (Wildman–Crippen LogP) is 4.71. The Morgan fingerprint density at radius 3 is 2.52 bits per heavy atom. The van der Waals surface area contributed by atoms with Crippen molar-refractivity contribution < 1.29 is 9.84 Å². The highest BCUT2D eigenvalue weighted by molar-refractivity contribution is 9.10. The van der Waals surface area contributed by atoms with Crippen LogP contribution in [0.4, 0.5) is 0 Å². The molecule has 1 aliphatic carbocycles. The van der Waals surface area contributed by atoms with Crippen molar-refractivity contribution in [2.75, 3.05) is 6.61 Å². The van der Waals surface area contributed by atoms with Crippen LogP contribution in [0.1, 0.15) is 51.7 Å². The van der Waals surface area contributed by atoms with Crippen LogP contribution in [-0.2, 0) is 4.74 Å². The molecule has 0 aromatic heterocycles. The van der Waals surface area contributed by atoms with Gasteiger partial charge in [0.05, 0.1) is 18.8 Å². The van der Waals surface area contributed by atoms with Crippen molar-refractivity contribution in [3.63, 3.8) is 0 Å². The minimum absolute atomic E-state index is 0.0323. The van der Waals surface area contributed by atoms with Gasteiger partial charge in [-0.2, -0.15) is 0 Å². The van der Waals surface area contributed by atoms with Crippen LogP contribution in [0, 0.1) is 16.7 Å². The number of ether oxygens (including phenoxy) is 1. The average Bonchev–Trinajstić information content (AvgIpc) is 2.90. The standard InChI is InChI=1S/C18H25BrO2/c1-12(2)15-18(11-20)10-4-9-17(18,3)16(21-15)13-5-7-14(19)8-6-13/h5-8,12,15-16,20H,4,9-11H2,1-3H3/t15-,16+,17+,18+/m0/s1. The molecule has 0 radical (unpaired) electrons. The maximum atomic E-state index is 10.2. The molecule has 1 saturated heterocycles. The molecule has 116 valence electrons. The van der Waals surface area contributed by atoms with Crippen molar-refractivity contribution in [1.29, 1.82) is 0 Å². The number of halogens is 1. The molecular formula is C18H25BrO2. The van der Waals surface area contributed by atoms with Crippen LogP contribution < -0.4 is 0 Å². The Balaban J connectivity index is 2.05. The number of hydrogen-bond acceptors (Lipinski definition) is 2. The zero-order chi connectivity index (χ0) is 15.3. The molecule has 4 atom stereocenters. The van der Waals surface area contributed by atoms with Crippen molar-refractivity contribution in [2.45, 2.75) is 52.2 Å². The third-order valence-electron chi connectivity index (χ3n) is 5.92. The molecule has 3 rings (SSSR count). The molecule has 1 aromatic rings. The van der Waals surface area contributed by atoms with Crippen molar-refractivity contribution in [3.05, 3.63) is 34.3 Å². The van der Waals surface area contributed by atoms with Gasteiger partial charge >= 0.3 is 0 Å². The lowest BCUT2D eigenvalue weighted by molar-refractivity contribution is -0.0385. The quantitative estimate of drug-likeness (QED) is 0.853. The fourth-order valence-electron chi connectivity index (χ4n) is 4.82. The van der Waals surface area contributed by atoms with Crippen molar-refractivity contribution in [3.8, 4) is 0 Å². The van der Waals surface area contributed by atoms with Crippen molar-refractivity contribution >= 4 is 15.9 Å². The Morgan fingerprint density at radius 1 is 1.29 bits per heavy atom. The first-order valence-corrected chi connectivity index (χ1v) is 8.76. The molecule has 1 saturated carbocycles. The Kier molecular flexibility index (Phi) is 3.96. The predicted molar refractivity (Wildman–Crippen MR) is 88.1 cm³/mol. The van der Waals surface area contributed by atoms with Gasteiger partial charge in [-0.1, -0.05) is 55.3 Å². The van der Waals surface area contributed by atoms with E-state index in [0.29, 0.717) is 5.92 Å². The zero-order valence-corrected chi connectivity index (χ0v) is 14.7. The maximum Gasteiger partial charge on any atom is 0.0889 e. The highest BCUT2D eigenvalue weighted by Crippen LogP contribution is 2.68. The molecule has 0 bridgehead atoms. The normalized spacial score (nSPS) is 39.0. The Morgan fingerprint density at radius 2 is 1.95 bits per heavy atom. The molecule has 1 aromatic carbocycles. The molecule has 0 spiro atoms. The van der Waals surface area contributed by atoms with Gasteiger partial charge in [0.15, 0.2) is 0 Å². The Hall–Kier alpha value is -0.380. The minimum atomic E-state index is -0.0844. The lowest BCUT2D eigenvalue weighted by Crippen LogP contribution is -2.44. The lowest BCUT2D eigenvalue weighted by atomic mass is 9.61. The number of benzene rings is 1. The lowest BCUT2D eigenvalue weighted by Gasteiger charge is -2.41. The van der Waals surface area contributed by atoms with E-state index in [0.717, 1.165) is 17.3 Å². The fourth-order valence-corrected chi connectivity index (χ4v) is 5.09. The van der Waals surface area contributed by atoms with Gasteiger partial charge < -0.3 is 9.84 Å². The van der Waals surface area contributed by atoms with E-state index in [9.17, 15) is 5.11 Å². The second kappa shape index (κ2) is 5.36. The molecule has 2 fully saturated rings. The van der Waals surface area contributed by atoms with E-state index in [1.165, 1.54) is 12.0 Å². The summed E-state index contributed by atoms with van der Waals surface area (Å²) in [4.78, 5) is 0. The average molecular weight is 353 g/mol. The number of fused-ring (bicyclic) bond motifs is 1. The van der Waals surface area contributed by atoms with Crippen molar-refractivity contribution in [1.82, 2.24) is 0 Å². The van der Waals surface area contributed by atoms with Gasteiger partial charge in [0.1, 0.15) is 0 Å². The third-order valence-corrected chi connectivity index (χ3v) is 6.45. The Labute approximate surface area is 136 Å². The van der Waals surface area contributed by atoms with Crippen molar-refractivity contribution in [2.24, 2.45) is 16.7 Å². The minimum Gasteiger partial charge on any atom is -0.396 e. The van der Waals surface area contributed by atoms with Gasteiger partial charge in [-0.3, -0.25) is 0 Å². The largest absolute Gasteiger partial charge is 0.396 e. The number of rotatable bonds is 3. The maximum absolute atomic E-state index is 10.2. The van der Waals surface area contributed by atoms with Gasteiger partial charge in [-0.15, -0.1) is 0 Å². The molecule has 0 unspecified atom stereocenters. The summed E-state index contributed by atoms with van der Waals surface area (Å²) in [6.07, 6.45) is 3.64. The molecule has 2 nitrogen and oxygen atoms in total. The molecule has 2 aliphatic rings. The first-order valence-electron chi connectivity index (χ1n) is 7.96. The van der Waals surface area contributed by atoms with E-state index < -0.39 is 0 Å². The molecule has 1 heterocycles. The van der Waals surface area contributed by atoms with Crippen LogP contribution in [0.3, 0.4) is 0 Å². The summed E-state index contributed by atoms with van der Waals surface area (Å²) in [7, 11) is 0. The van der Waals surface area contributed by atoms with E-state index in [2.05, 4.69) is 61.0 Å². The van der Waals surface area contributed by atoms with Gasteiger partial charge in [0.25, 0.3) is 0 Å².